The van der Waals surface area contributed by atoms with Crippen LogP contribution in [0.3, 0.4) is 0 Å². The Labute approximate surface area is 138 Å². The van der Waals surface area contributed by atoms with E-state index in [4.69, 9.17) is 0 Å². The molecule has 23 heavy (non-hydrogen) atoms. The highest BCUT2D eigenvalue weighted by molar-refractivity contribution is 7.99. The lowest BCUT2D eigenvalue weighted by atomic mass is 10.1. The van der Waals surface area contributed by atoms with Crippen molar-refractivity contribution in [3.8, 4) is 11.3 Å². The molecule has 2 N–H and O–H groups in total. The number of nitrogens with one attached hydrogen (secondary N) is 2. The van der Waals surface area contributed by atoms with Crippen molar-refractivity contribution in [2.75, 3.05) is 12.3 Å². The smallest absolute Gasteiger partial charge is 0.325 e. The first kappa shape index (κ1) is 15.6. The van der Waals surface area contributed by atoms with Crippen LogP contribution in [0, 0.1) is 0 Å². The molecule has 3 rings (SSSR count). The molecule has 1 aromatic carbocycles. The Morgan fingerprint density at radius 3 is 2.61 bits per heavy atom. The van der Waals surface area contributed by atoms with Gasteiger partial charge >= 0.3 is 6.03 Å². The second-order valence-corrected chi connectivity index (χ2v) is 6.91. The Kier molecular flexibility index (Phi) is 4.12. The van der Waals surface area contributed by atoms with E-state index in [1.165, 1.54) is 16.7 Å². The first-order chi connectivity index (χ1) is 11.0. The van der Waals surface area contributed by atoms with Crippen LogP contribution in [0.5, 0.6) is 0 Å². The van der Waals surface area contributed by atoms with Gasteiger partial charge in [-0.1, -0.05) is 42.1 Å². The van der Waals surface area contributed by atoms with Crippen LogP contribution in [0.25, 0.3) is 11.3 Å². The number of carbonyl (C=O) groups is 2. The Morgan fingerprint density at radius 1 is 1.22 bits per heavy atom. The third-order valence-electron chi connectivity index (χ3n) is 3.64. The number of rotatable bonds is 5. The molecule has 7 heteroatoms. The van der Waals surface area contributed by atoms with Crippen molar-refractivity contribution in [1.29, 1.82) is 0 Å². The van der Waals surface area contributed by atoms with Gasteiger partial charge in [-0.15, -0.1) is 0 Å². The molecule has 0 spiro atoms. The lowest BCUT2D eigenvalue weighted by Crippen LogP contribution is -2.40. The summed E-state index contributed by atoms with van der Waals surface area (Å²) in [4.78, 5) is 32.7. The number of nitrogens with zero attached hydrogens (tertiary/aromatic N) is 2. The molecule has 0 saturated carbocycles. The number of hydrogen-bond donors (Lipinski definition) is 2. The third-order valence-corrected chi connectivity index (χ3v) is 4.50. The number of imide groups is 1. The van der Waals surface area contributed by atoms with Crippen LogP contribution in [0.1, 0.15) is 13.8 Å². The number of benzene rings is 1. The number of thioether (sulfide) groups is 1. The Balaban J connectivity index is 1.57. The van der Waals surface area contributed by atoms with Gasteiger partial charge in [0.2, 0.25) is 0 Å². The second-order valence-electron chi connectivity index (χ2n) is 5.83. The number of amides is 3. The van der Waals surface area contributed by atoms with Gasteiger partial charge in [-0.3, -0.25) is 9.69 Å². The summed E-state index contributed by atoms with van der Waals surface area (Å²) in [6.45, 7) is 3.78. The zero-order chi connectivity index (χ0) is 16.4. The van der Waals surface area contributed by atoms with Gasteiger partial charge in [0.05, 0.1) is 11.9 Å². The van der Waals surface area contributed by atoms with Gasteiger partial charge in [0, 0.05) is 12.3 Å². The first-order valence-electron chi connectivity index (χ1n) is 7.35. The highest BCUT2D eigenvalue weighted by Gasteiger charge is 2.43. The maximum Gasteiger partial charge on any atom is 0.325 e. The molecule has 2 aromatic rings. The second kappa shape index (κ2) is 6.08. The molecule has 0 bridgehead atoms. The van der Waals surface area contributed by atoms with E-state index in [0.717, 1.165) is 16.4 Å². The van der Waals surface area contributed by atoms with E-state index in [2.05, 4.69) is 15.3 Å². The van der Waals surface area contributed by atoms with Crippen LogP contribution in [-0.2, 0) is 4.79 Å². The van der Waals surface area contributed by atoms with Gasteiger partial charge in [0.15, 0.2) is 5.16 Å². The lowest BCUT2D eigenvalue weighted by Gasteiger charge is -2.15. The molecular weight excluding hydrogens is 312 g/mol. The van der Waals surface area contributed by atoms with Gasteiger partial charge in [-0.2, -0.15) is 0 Å². The highest BCUT2D eigenvalue weighted by atomic mass is 32.2. The fourth-order valence-electron chi connectivity index (χ4n) is 2.40. The van der Waals surface area contributed by atoms with E-state index in [1.54, 1.807) is 20.0 Å². The maximum atomic E-state index is 12.1. The van der Waals surface area contributed by atoms with E-state index < -0.39 is 5.54 Å². The molecular formula is C16H18N4O2S. The molecule has 1 saturated heterocycles. The molecule has 1 fully saturated rings. The van der Waals surface area contributed by atoms with Crippen LogP contribution in [0.4, 0.5) is 4.79 Å². The number of urea groups is 1. The average molecular weight is 330 g/mol. The Hall–Kier alpha value is -2.28. The maximum absolute atomic E-state index is 12.1. The predicted octanol–water partition coefficient (Wildman–Crippen LogP) is 2.50. The van der Waals surface area contributed by atoms with Gasteiger partial charge in [-0.05, 0) is 19.4 Å². The van der Waals surface area contributed by atoms with E-state index in [-0.39, 0.29) is 11.9 Å². The van der Waals surface area contributed by atoms with Crippen LogP contribution < -0.4 is 5.32 Å². The number of H-pyrrole nitrogens is 1. The minimum absolute atomic E-state index is 0.187. The summed E-state index contributed by atoms with van der Waals surface area (Å²) in [6, 6.07) is 9.61. The predicted molar refractivity (Wildman–Crippen MR) is 89.1 cm³/mol. The Morgan fingerprint density at radius 2 is 1.96 bits per heavy atom. The fourth-order valence-corrected chi connectivity index (χ4v) is 3.17. The summed E-state index contributed by atoms with van der Waals surface area (Å²) in [5.74, 6) is 0.407. The average Bonchev–Trinajstić information content (AvgIpc) is 3.06. The third kappa shape index (κ3) is 3.24. The SMILES string of the molecule is CC1(C)NC(=O)N(CCSc2ncc(-c3ccccc3)[nH]2)C1=O. The molecule has 0 radical (unpaired) electrons. The molecule has 3 amide bonds. The van der Waals surface area contributed by atoms with Gasteiger partial charge < -0.3 is 10.3 Å². The quantitative estimate of drug-likeness (QED) is 0.652. The van der Waals surface area contributed by atoms with Gasteiger partial charge in [-0.25, -0.2) is 9.78 Å². The topological polar surface area (TPSA) is 78.1 Å². The van der Waals surface area contributed by atoms with Crippen molar-refractivity contribution >= 4 is 23.7 Å². The zero-order valence-corrected chi connectivity index (χ0v) is 13.8. The molecule has 1 aromatic heterocycles. The van der Waals surface area contributed by atoms with Crippen molar-refractivity contribution in [1.82, 2.24) is 20.2 Å². The van der Waals surface area contributed by atoms with E-state index in [0.29, 0.717) is 12.3 Å². The largest absolute Gasteiger partial charge is 0.333 e. The number of hydrogen-bond acceptors (Lipinski definition) is 4. The summed E-state index contributed by atoms with van der Waals surface area (Å²) in [5.41, 5.74) is 1.21. The monoisotopic (exact) mass is 330 g/mol. The van der Waals surface area contributed by atoms with Crippen molar-refractivity contribution in [3.05, 3.63) is 36.5 Å². The van der Waals surface area contributed by atoms with Crippen LogP contribution in [0.2, 0.25) is 0 Å². The van der Waals surface area contributed by atoms with Gasteiger partial charge in [0.25, 0.3) is 5.91 Å². The van der Waals surface area contributed by atoms with E-state index >= 15 is 0 Å². The molecule has 0 atom stereocenters. The molecule has 0 aliphatic carbocycles. The molecule has 1 aliphatic rings. The standard InChI is InChI=1S/C16H18N4O2S/c1-16(2)13(21)20(15(22)19-16)8-9-23-14-17-10-12(18-14)11-6-4-3-5-7-11/h3-7,10H,8-9H2,1-2H3,(H,17,18)(H,19,22). The van der Waals surface area contributed by atoms with Gasteiger partial charge in [0.1, 0.15) is 5.54 Å². The number of aromatic nitrogens is 2. The number of imidazole rings is 1. The van der Waals surface area contributed by atoms with Crippen molar-refractivity contribution < 1.29 is 9.59 Å². The first-order valence-corrected chi connectivity index (χ1v) is 8.33. The Bertz CT molecular complexity index is 727. The molecule has 6 nitrogen and oxygen atoms in total. The summed E-state index contributed by atoms with van der Waals surface area (Å²) >= 11 is 1.49. The minimum atomic E-state index is -0.813. The van der Waals surface area contributed by atoms with Crippen molar-refractivity contribution in [2.24, 2.45) is 0 Å². The molecule has 120 valence electrons. The van der Waals surface area contributed by atoms with Crippen molar-refractivity contribution in [2.45, 2.75) is 24.5 Å². The minimum Gasteiger partial charge on any atom is -0.333 e. The zero-order valence-electron chi connectivity index (χ0n) is 13.0. The van der Waals surface area contributed by atoms with Crippen LogP contribution in [-0.4, -0.2) is 44.6 Å². The number of aromatic amines is 1. The highest BCUT2D eigenvalue weighted by Crippen LogP contribution is 2.22. The summed E-state index contributed by atoms with van der Waals surface area (Å²) in [6.07, 6.45) is 1.79. The molecule has 2 heterocycles. The molecule has 0 unspecified atom stereocenters. The normalized spacial score (nSPS) is 16.7. The lowest BCUT2D eigenvalue weighted by molar-refractivity contribution is -0.130. The van der Waals surface area contributed by atoms with Crippen LogP contribution in [0.15, 0.2) is 41.7 Å². The van der Waals surface area contributed by atoms with E-state index in [1.807, 2.05) is 30.3 Å². The fraction of sp³-hybridized carbons (Fsp3) is 0.312. The summed E-state index contributed by atoms with van der Waals surface area (Å²) in [7, 11) is 0. The summed E-state index contributed by atoms with van der Waals surface area (Å²) < 4.78 is 0. The van der Waals surface area contributed by atoms with E-state index in [9.17, 15) is 9.59 Å². The van der Waals surface area contributed by atoms with Crippen LogP contribution >= 0.6 is 11.8 Å². The summed E-state index contributed by atoms with van der Waals surface area (Å²) in [5, 5.41) is 3.45. The molecule has 1 aliphatic heterocycles. The van der Waals surface area contributed by atoms with Crippen molar-refractivity contribution in [3.63, 3.8) is 0 Å². The number of carbonyl (C=O) groups excluding carboxylic acids is 2.